The van der Waals surface area contributed by atoms with Gasteiger partial charge in [-0.3, -0.25) is 19.7 Å². The first-order valence-electron chi connectivity index (χ1n) is 6.07. The van der Waals surface area contributed by atoms with E-state index in [4.69, 9.17) is 0 Å². The van der Waals surface area contributed by atoms with Gasteiger partial charge in [-0.1, -0.05) is 22.0 Å². The number of hydrogen-bond donors (Lipinski definition) is 1. The molecule has 1 saturated heterocycles. The lowest BCUT2D eigenvalue weighted by Crippen LogP contribution is -2.45. The normalized spacial score (nSPS) is 19.1. The molecule has 2 aromatic rings. The minimum atomic E-state index is -0.733. The highest BCUT2D eigenvalue weighted by Gasteiger charge is 2.29. The standard InChI is InChI=1S/C13H10BrN3O3/c14-8-2-1-7-6-15-17(13(20)9(7)5-8)10-3-4-11(18)16-12(10)19/h1-2,5-6,10H,3-4H2,(H,16,18,19). The number of nitrogens with one attached hydrogen (secondary N) is 1. The first kappa shape index (κ1) is 13.0. The lowest BCUT2D eigenvalue weighted by molar-refractivity contribution is -0.136. The van der Waals surface area contributed by atoms with Crippen molar-refractivity contribution >= 4 is 38.5 Å². The minimum absolute atomic E-state index is 0.209. The van der Waals surface area contributed by atoms with E-state index >= 15 is 0 Å². The Labute approximate surface area is 121 Å². The molecule has 7 heteroatoms. The van der Waals surface area contributed by atoms with E-state index in [0.29, 0.717) is 10.8 Å². The van der Waals surface area contributed by atoms with Crippen LogP contribution in [-0.4, -0.2) is 21.6 Å². The van der Waals surface area contributed by atoms with E-state index < -0.39 is 11.9 Å². The first-order valence-corrected chi connectivity index (χ1v) is 6.86. The van der Waals surface area contributed by atoms with Gasteiger partial charge in [0.2, 0.25) is 5.91 Å². The molecule has 0 saturated carbocycles. The molecule has 2 amide bonds. The molecule has 6 nitrogen and oxygen atoms in total. The number of nitrogens with zero attached hydrogens (tertiary/aromatic N) is 2. The van der Waals surface area contributed by atoms with Crippen molar-refractivity contribution in [2.24, 2.45) is 0 Å². The van der Waals surface area contributed by atoms with E-state index in [0.717, 1.165) is 9.15 Å². The largest absolute Gasteiger partial charge is 0.295 e. The molecule has 1 aromatic carbocycles. The lowest BCUT2D eigenvalue weighted by Gasteiger charge is -2.21. The number of amides is 2. The van der Waals surface area contributed by atoms with Gasteiger partial charge in [0.25, 0.3) is 11.5 Å². The topological polar surface area (TPSA) is 81.1 Å². The van der Waals surface area contributed by atoms with Crippen LogP contribution in [0.15, 0.2) is 33.7 Å². The third-order valence-corrected chi connectivity index (χ3v) is 3.77. The van der Waals surface area contributed by atoms with Crippen molar-refractivity contribution in [3.05, 3.63) is 39.2 Å². The predicted octanol–water partition coefficient (Wildman–Crippen LogP) is 1.14. The molecule has 3 rings (SSSR count). The summed E-state index contributed by atoms with van der Waals surface area (Å²) in [4.78, 5) is 35.4. The molecule has 1 aliphatic heterocycles. The smallest absolute Gasteiger partial charge is 0.275 e. The Morgan fingerprint density at radius 1 is 1.30 bits per heavy atom. The van der Waals surface area contributed by atoms with E-state index in [-0.39, 0.29) is 24.3 Å². The summed E-state index contributed by atoms with van der Waals surface area (Å²) in [6.45, 7) is 0. The monoisotopic (exact) mass is 335 g/mol. The Hall–Kier alpha value is -2.02. The highest BCUT2D eigenvalue weighted by molar-refractivity contribution is 9.10. The predicted molar refractivity (Wildman–Crippen MR) is 75.1 cm³/mol. The molecule has 1 N–H and O–H groups in total. The van der Waals surface area contributed by atoms with Crippen molar-refractivity contribution in [1.82, 2.24) is 15.1 Å². The van der Waals surface area contributed by atoms with Crippen LogP contribution in [0.1, 0.15) is 18.9 Å². The third kappa shape index (κ3) is 2.14. The highest BCUT2D eigenvalue weighted by Crippen LogP contribution is 2.19. The van der Waals surface area contributed by atoms with Gasteiger partial charge in [-0.25, -0.2) is 4.68 Å². The number of carbonyl (C=O) groups excluding carboxylic acids is 2. The third-order valence-electron chi connectivity index (χ3n) is 3.28. The van der Waals surface area contributed by atoms with Gasteiger partial charge in [0, 0.05) is 16.3 Å². The Bertz CT molecular complexity index is 784. The van der Waals surface area contributed by atoms with Crippen molar-refractivity contribution in [2.45, 2.75) is 18.9 Å². The Kier molecular flexibility index (Phi) is 3.13. The number of benzene rings is 1. The highest BCUT2D eigenvalue weighted by atomic mass is 79.9. The van der Waals surface area contributed by atoms with Crippen molar-refractivity contribution in [1.29, 1.82) is 0 Å². The fourth-order valence-electron chi connectivity index (χ4n) is 2.26. The molecule has 1 fully saturated rings. The average molecular weight is 336 g/mol. The maximum absolute atomic E-state index is 12.4. The summed E-state index contributed by atoms with van der Waals surface area (Å²) in [5.41, 5.74) is -0.335. The van der Waals surface area contributed by atoms with Gasteiger partial charge >= 0.3 is 0 Å². The van der Waals surface area contributed by atoms with Crippen LogP contribution in [0, 0.1) is 0 Å². The molecule has 2 heterocycles. The maximum atomic E-state index is 12.4. The fraction of sp³-hybridized carbons (Fsp3) is 0.231. The van der Waals surface area contributed by atoms with Crippen LogP contribution in [0.25, 0.3) is 10.8 Å². The van der Waals surface area contributed by atoms with E-state index in [1.165, 1.54) is 0 Å². The second kappa shape index (κ2) is 4.82. The number of fused-ring (bicyclic) bond motifs is 1. The summed E-state index contributed by atoms with van der Waals surface area (Å²) in [6, 6.07) is 4.56. The number of piperidine rings is 1. The molecule has 0 spiro atoms. The molecule has 1 atom stereocenters. The van der Waals surface area contributed by atoms with Gasteiger partial charge in [0.15, 0.2) is 0 Å². The number of hydrogen-bond acceptors (Lipinski definition) is 4. The van der Waals surface area contributed by atoms with Crippen molar-refractivity contribution < 1.29 is 9.59 Å². The number of aromatic nitrogens is 2. The molecule has 20 heavy (non-hydrogen) atoms. The van der Waals surface area contributed by atoms with Gasteiger partial charge in [-0.2, -0.15) is 5.10 Å². The second-order valence-electron chi connectivity index (χ2n) is 4.59. The number of rotatable bonds is 1. The summed E-state index contributed by atoms with van der Waals surface area (Å²) < 4.78 is 1.93. The summed E-state index contributed by atoms with van der Waals surface area (Å²) in [5.74, 6) is -0.798. The van der Waals surface area contributed by atoms with Crippen molar-refractivity contribution in [3.63, 3.8) is 0 Å². The summed E-state index contributed by atoms with van der Waals surface area (Å²) in [5, 5.41) is 7.47. The van der Waals surface area contributed by atoms with E-state index in [1.807, 2.05) is 6.07 Å². The van der Waals surface area contributed by atoms with Crippen LogP contribution in [0.2, 0.25) is 0 Å². The van der Waals surface area contributed by atoms with Crippen LogP contribution >= 0.6 is 15.9 Å². The molecule has 0 aliphatic carbocycles. The quantitative estimate of drug-likeness (QED) is 0.792. The van der Waals surface area contributed by atoms with Gasteiger partial charge in [0.1, 0.15) is 6.04 Å². The summed E-state index contributed by atoms with van der Waals surface area (Å²) in [6.07, 6.45) is 2.05. The van der Waals surface area contributed by atoms with E-state index in [9.17, 15) is 14.4 Å². The zero-order valence-electron chi connectivity index (χ0n) is 10.3. The lowest BCUT2D eigenvalue weighted by atomic mass is 10.1. The summed E-state index contributed by atoms with van der Waals surface area (Å²) in [7, 11) is 0. The number of halogens is 1. The molecule has 1 unspecified atom stereocenters. The van der Waals surface area contributed by atoms with E-state index in [2.05, 4.69) is 26.3 Å². The van der Waals surface area contributed by atoms with Crippen LogP contribution in [-0.2, 0) is 9.59 Å². The molecule has 1 aromatic heterocycles. The zero-order chi connectivity index (χ0) is 14.3. The van der Waals surface area contributed by atoms with E-state index in [1.54, 1.807) is 18.3 Å². The van der Waals surface area contributed by atoms with Gasteiger partial charge < -0.3 is 0 Å². The van der Waals surface area contributed by atoms with Gasteiger partial charge in [-0.05, 0) is 18.6 Å². The average Bonchev–Trinajstić information content (AvgIpc) is 2.41. The number of carbonyl (C=O) groups is 2. The zero-order valence-corrected chi connectivity index (χ0v) is 11.9. The molecule has 1 aliphatic rings. The summed E-state index contributed by atoms with van der Waals surface area (Å²) >= 11 is 3.31. The second-order valence-corrected chi connectivity index (χ2v) is 5.51. The molecule has 0 bridgehead atoms. The van der Waals surface area contributed by atoms with Crippen LogP contribution in [0.4, 0.5) is 0 Å². The van der Waals surface area contributed by atoms with Gasteiger partial charge in [0.05, 0.1) is 11.6 Å². The van der Waals surface area contributed by atoms with Crippen LogP contribution < -0.4 is 10.9 Å². The van der Waals surface area contributed by atoms with Crippen LogP contribution in [0.3, 0.4) is 0 Å². The number of imide groups is 1. The maximum Gasteiger partial charge on any atom is 0.275 e. The van der Waals surface area contributed by atoms with Crippen LogP contribution in [0.5, 0.6) is 0 Å². The Morgan fingerprint density at radius 2 is 2.10 bits per heavy atom. The molecule has 102 valence electrons. The van der Waals surface area contributed by atoms with Gasteiger partial charge in [-0.15, -0.1) is 0 Å². The molecule has 0 radical (unpaired) electrons. The van der Waals surface area contributed by atoms with Crippen molar-refractivity contribution in [2.75, 3.05) is 0 Å². The SMILES string of the molecule is O=C1CCC(n2ncc3ccc(Br)cc3c2=O)C(=O)N1. The molecular formula is C13H10BrN3O3. The minimum Gasteiger partial charge on any atom is -0.295 e. The fourth-order valence-corrected chi connectivity index (χ4v) is 2.63. The Balaban J connectivity index is 2.13. The molecular weight excluding hydrogens is 326 g/mol. The van der Waals surface area contributed by atoms with Crippen molar-refractivity contribution in [3.8, 4) is 0 Å². The Morgan fingerprint density at radius 3 is 2.85 bits per heavy atom. The first-order chi connectivity index (χ1) is 9.56.